The van der Waals surface area contributed by atoms with Crippen molar-refractivity contribution in [2.75, 3.05) is 12.9 Å². The van der Waals surface area contributed by atoms with Crippen LogP contribution in [0.25, 0.3) is 0 Å². The molecule has 4 heteroatoms. The van der Waals surface area contributed by atoms with Gasteiger partial charge >= 0.3 is 0 Å². The zero-order chi connectivity index (χ0) is 16.8. The summed E-state index contributed by atoms with van der Waals surface area (Å²) in [5.41, 5.74) is 1.16. The molecule has 2 aromatic carbocycles. The van der Waals surface area contributed by atoms with Gasteiger partial charge in [-0.15, -0.1) is 11.8 Å². The average Bonchev–Trinajstić information content (AvgIpc) is 3.46. The monoisotopic (exact) mass is 341 g/mol. The van der Waals surface area contributed by atoms with Crippen molar-refractivity contribution in [3.63, 3.8) is 0 Å². The van der Waals surface area contributed by atoms with E-state index < -0.39 is 0 Å². The number of hydrogen-bond donors (Lipinski definition) is 0. The van der Waals surface area contributed by atoms with Crippen molar-refractivity contribution in [2.45, 2.75) is 36.7 Å². The first-order valence-corrected chi connectivity index (χ1v) is 9.35. The van der Waals surface area contributed by atoms with Crippen LogP contribution in [0.4, 0.5) is 0 Å². The second-order valence-electron chi connectivity index (χ2n) is 6.01. The number of nitrogens with zero attached hydrogens (tertiary/aromatic N) is 1. The minimum absolute atomic E-state index is 0.261. The summed E-state index contributed by atoms with van der Waals surface area (Å²) in [4.78, 5) is 15.9. The van der Waals surface area contributed by atoms with Crippen molar-refractivity contribution >= 4 is 17.7 Å². The lowest BCUT2D eigenvalue weighted by Gasteiger charge is -2.22. The summed E-state index contributed by atoms with van der Waals surface area (Å²) in [5, 5.41) is 0. The predicted octanol–water partition coefficient (Wildman–Crippen LogP) is 4.37. The summed E-state index contributed by atoms with van der Waals surface area (Å²) in [6, 6.07) is 18.7. The molecule has 0 spiro atoms. The first kappa shape index (κ1) is 16.9. The van der Waals surface area contributed by atoms with Crippen LogP contribution in [-0.2, 0) is 11.3 Å². The van der Waals surface area contributed by atoms with Crippen LogP contribution < -0.4 is 4.74 Å². The van der Waals surface area contributed by atoms with Gasteiger partial charge in [-0.1, -0.05) is 30.3 Å². The van der Waals surface area contributed by atoms with Gasteiger partial charge in [-0.25, -0.2) is 0 Å². The zero-order valence-electron chi connectivity index (χ0n) is 14.0. The summed E-state index contributed by atoms with van der Waals surface area (Å²) >= 11 is 1.75. The molecule has 1 saturated carbocycles. The molecule has 3 nitrogen and oxygen atoms in total. The lowest BCUT2D eigenvalue weighted by molar-refractivity contribution is -0.131. The van der Waals surface area contributed by atoms with Crippen LogP contribution >= 0.6 is 11.8 Å². The Hall–Kier alpha value is -1.94. The number of methoxy groups -OCH3 is 1. The van der Waals surface area contributed by atoms with E-state index in [9.17, 15) is 4.79 Å². The van der Waals surface area contributed by atoms with Gasteiger partial charge in [0.15, 0.2) is 0 Å². The van der Waals surface area contributed by atoms with Gasteiger partial charge < -0.3 is 9.64 Å². The Bertz CT molecular complexity index is 653. The molecule has 3 rings (SSSR count). The summed E-state index contributed by atoms with van der Waals surface area (Å²) in [7, 11) is 1.67. The molecule has 0 N–H and O–H groups in total. The van der Waals surface area contributed by atoms with Crippen LogP contribution in [0.5, 0.6) is 5.75 Å². The highest BCUT2D eigenvalue weighted by molar-refractivity contribution is 7.99. The van der Waals surface area contributed by atoms with Gasteiger partial charge in [-0.05, 0) is 42.7 Å². The zero-order valence-corrected chi connectivity index (χ0v) is 14.8. The molecule has 1 aliphatic carbocycles. The van der Waals surface area contributed by atoms with Gasteiger partial charge in [0.1, 0.15) is 5.75 Å². The van der Waals surface area contributed by atoms with E-state index in [0.717, 1.165) is 29.9 Å². The van der Waals surface area contributed by atoms with E-state index in [2.05, 4.69) is 12.1 Å². The van der Waals surface area contributed by atoms with E-state index in [4.69, 9.17) is 4.74 Å². The molecule has 1 fully saturated rings. The largest absolute Gasteiger partial charge is 0.497 e. The van der Waals surface area contributed by atoms with Crippen molar-refractivity contribution in [1.29, 1.82) is 0 Å². The maximum Gasteiger partial charge on any atom is 0.223 e. The third kappa shape index (κ3) is 4.78. The Morgan fingerprint density at radius 3 is 2.46 bits per heavy atom. The highest BCUT2D eigenvalue weighted by Crippen LogP contribution is 2.30. The fraction of sp³-hybridized carbons (Fsp3) is 0.350. The van der Waals surface area contributed by atoms with E-state index in [0.29, 0.717) is 19.0 Å². The van der Waals surface area contributed by atoms with Gasteiger partial charge in [0, 0.05) is 29.7 Å². The third-order valence-corrected chi connectivity index (χ3v) is 5.16. The molecule has 0 saturated heterocycles. The van der Waals surface area contributed by atoms with E-state index in [1.165, 1.54) is 4.90 Å². The number of thioether (sulfide) groups is 1. The molecule has 0 aromatic heterocycles. The molecule has 24 heavy (non-hydrogen) atoms. The van der Waals surface area contributed by atoms with Crippen LogP contribution in [0.2, 0.25) is 0 Å². The van der Waals surface area contributed by atoms with Crippen molar-refractivity contribution in [3.8, 4) is 5.75 Å². The summed E-state index contributed by atoms with van der Waals surface area (Å²) in [6.07, 6.45) is 2.85. The summed E-state index contributed by atoms with van der Waals surface area (Å²) in [5.74, 6) is 1.94. The van der Waals surface area contributed by atoms with Gasteiger partial charge in [0.25, 0.3) is 0 Å². The Labute approximate surface area is 148 Å². The minimum Gasteiger partial charge on any atom is -0.497 e. The standard InChI is InChI=1S/C20H23NO2S/c1-23-18-11-7-16(8-12-18)15-21(17-9-10-17)20(22)13-14-24-19-5-3-2-4-6-19/h2-8,11-12,17H,9-10,13-15H2,1H3. The average molecular weight is 341 g/mol. The molecule has 0 unspecified atom stereocenters. The van der Waals surface area contributed by atoms with Crippen molar-refractivity contribution in [3.05, 3.63) is 60.2 Å². The topological polar surface area (TPSA) is 29.5 Å². The van der Waals surface area contributed by atoms with Crippen LogP contribution in [0, 0.1) is 0 Å². The SMILES string of the molecule is COc1ccc(CN(C(=O)CCSc2ccccc2)C2CC2)cc1. The number of carbonyl (C=O) groups is 1. The summed E-state index contributed by atoms with van der Waals surface area (Å²) in [6.45, 7) is 0.698. The van der Waals surface area contributed by atoms with Gasteiger partial charge in [0.2, 0.25) is 5.91 Å². The second kappa shape index (κ2) is 8.25. The molecule has 0 aliphatic heterocycles. The Balaban J connectivity index is 1.53. The quantitative estimate of drug-likeness (QED) is 0.668. The molecular formula is C20H23NO2S. The van der Waals surface area contributed by atoms with Crippen molar-refractivity contribution < 1.29 is 9.53 Å². The molecule has 0 heterocycles. The maximum absolute atomic E-state index is 12.6. The van der Waals surface area contributed by atoms with E-state index in [-0.39, 0.29) is 5.91 Å². The Morgan fingerprint density at radius 1 is 1.12 bits per heavy atom. The third-order valence-electron chi connectivity index (χ3n) is 4.15. The highest BCUT2D eigenvalue weighted by atomic mass is 32.2. The van der Waals surface area contributed by atoms with Crippen LogP contribution in [0.3, 0.4) is 0 Å². The summed E-state index contributed by atoms with van der Waals surface area (Å²) < 4.78 is 5.19. The molecule has 0 bridgehead atoms. The highest BCUT2D eigenvalue weighted by Gasteiger charge is 2.32. The Morgan fingerprint density at radius 2 is 1.83 bits per heavy atom. The number of benzene rings is 2. The van der Waals surface area contributed by atoms with E-state index in [1.54, 1.807) is 18.9 Å². The first-order chi connectivity index (χ1) is 11.8. The fourth-order valence-electron chi connectivity index (χ4n) is 2.65. The van der Waals surface area contributed by atoms with Crippen LogP contribution in [0.1, 0.15) is 24.8 Å². The van der Waals surface area contributed by atoms with Crippen LogP contribution in [0.15, 0.2) is 59.5 Å². The number of ether oxygens (including phenoxy) is 1. The molecule has 1 amide bonds. The fourth-order valence-corrected chi connectivity index (χ4v) is 3.51. The molecule has 0 atom stereocenters. The number of carbonyl (C=O) groups excluding carboxylic acids is 1. The molecular weight excluding hydrogens is 318 g/mol. The van der Waals surface area contributed by atoms with Gasteiger partial charge in [0.05, 0.1) is 7.11 Å². The lowest BCUT2D eigenvalue weighted by Crippen LogP contribution is -2.32. The normalized spacial score (nSPS) is 13.5. The lowest BCUT2D eigenvalue weighted by atomic mass is 10.2. The number of hydrogen-bond acceptors (Lipinski definition) is 3. The van der Waals surface area contributed by atoms with E-state index >= 15 is 0 Å². The molecule has 1 aliphatic rings. The van der Waals surface area contributed by atoms with Crippen molar-refractivity contribution in [1.82, 2.24) is 4.90 Å². The Kier molecular flexibility index (Phi) is 5.81. The van der Waals surface area contributed by atoms with E-state index in [1.807, 2.05) is 47.4 Å². The minimum atomic E-state index is 0.261. The van der Waals surface area contributed by atoms with Crippen LogP contribution in [-0.4, -0.2) is 29.7 Å². The van der Waals surface area contributed by atoms with Gasteiger partial charge in [-0.2, -0.15) is 0 Å². The number of amides is 1. The first-order valence-electron chi connectivity index (χ1n) is 8.36. The second-order valence-corrected chi connectivity index (χ2v) is 7.18. The molecule has 2 aromatic rings. The maximum atomic E-state index is 12.6. The number of rotatable bonds is 8. The van der Waals surface area contributed by atoms with Crippen molar-refractivity contribution in [2.24, 2.45) is 0 Å². The smallest absolute Gasteiger partial charge is 0.223 e. The molecule has 126 valence electrons. The van der Waals surface area contributed by atoms with Gasteiger partial charge in [-0.3, -0.25) is 4.79 Å². The molecule has 0 radical (unpaired) electrons. The predicted molar refractivity (Wildman–Crippen MR) is 98.3 cm³/mol.